The van der Waals surface area contributed by atoms with Gasteiger partial charge in [-0.05, 0) is 51.4 Å². The number of aliphatic hydroxyl groups excluding tert-OH is 1. The first-order valence-corrected chi connectivity index (χ1v) is 21.7. The van der Waals surface area contributed by atoms with Gasteiger partial charge in [-0.25, -0.2) is 0 Å². The smallest absolute Gasteiger partial charge is 0.306 e. The highest BCUT2D eigenvalue weighted by molar-refractivity contribution is 5.70. The van der Waals surface area contributed by atoms with E-state index in [1.54, 1.807) is 0 Å². The molecule has 1 N–H and O–H groups in total. The molecular formula is C46H82O5. The lowest BCUT2D eigenvalue weighted by atomic mass is 10.0. The molecule has 0 saturated heterocycles. The molecule has 0 spiro atoms. The Labute approximate surface area is 316 Å². The molecule has 0 amide bonds. The summed E-state index contributed by atoms with van der Waals surface area (Å²) in [6, 6.07) is 0. The average Bonchev–Trinajstić information content (AvgIpc) is 3.13. The van der Waals surface area contributed by atoms with Crippen molar-refractivity contribution in [3.63, 3.8) is 0 Å². The van der Waals surface area contributed by atoms with Crippen LogP contribution in [0.3, 0.4) is 0 Å². The number of aliphatic hydroxyl groups is 1. The molecule has 0 aromatic rings. The molecule has 51 heavy (non-hydrogen) atoms. The van der Waals surface area contributed by atoms with Crippen molar-refractivity contribution < 1.29 is 24.2 Å². The Balaban J connectivity index is 3.44. The first kappa shape index (κ1) is 48.9. The third-order valence-electron chi connectivity index (χ3n) is 9.39. The number of hydrogen-bond donors (Lipinski definition) is 1. The highest BCUT2D eigenvalue weighted by atomic mass is 16.6. The lowest BCUT2D eigenvalue weighted by molar-refractivity contribution is -0.161. The molecule has 0 rings (SSSR count). The van der Waals surface area contributed by atoms with E-state index in [0.717, 1.165) is 64.2 Å². The van der Waals surface area contributed by atoms with E-state index < -0.39 is 6.10 Å². The standard InChI is InChI=1S/C46H82O5/c1-3-5-7-9-11-13-14-15-16-17-18-19-20-21-22-23-24-25-26-27-28-29-30-31-32-33-35-37-39-41-46(49)51-44(42-47)43-50-45(48)40-38-36-34-12-10-8-6-4-2/h5,7,11,13,15-16,18-19,44,47H,3-4,6,8-10,12,14,17,20-43H2,1-2H3/b7-5-,13-11-,16-15-,19-18-. The number of hydrogen-bond acceptors (Lipinski definition) is 5. The van der Waals surface area contributed by atoms with Crippen molar-refractivity contribution >= 4 is 11.9 Å². The van der Waals surface area contributed by atoms with Crippen LogP contribution in [0.4, 0.5) is 0 Å². The summed E-state index contributed by atoms with van der Waals surface area (Å²) in [5.41, 5.74) is 0. The molecule has 5 nitrogen and oxygen atoms in total. The van der Waals surface area contributed by atoms with E-state index in [2.05, 4.69) is 62.5 Å². The predicted molar refractivity (Wildman–Crippen MR) is 219 cm³/mol. The molecular weight excluding hydrogens is 633 g/mol. The molecule has 0 aliphatic carbocycles. The van der Waals surface area contributed by atoms with Crippen molar-refractivity contribution in [2.24, 2.45) is 0 Å². The largest absolute Gasteiger partial charge is 0.462 e. The molecule has 0 fully saturated rings. The quantitative estimate of drug-likeness (QED) is 0.0390. The summed E-state index contributed by atoms with van der Waals surface area (Å²) in [6.45, 7) is 4.00. The lowest BCUT2D eigenvalue weighted by Crippen LogP contribution is -2.28. The van der Waals surface area contributed by atoms with Gasteiger partial charge < -0.3 is 14.6 Å². The average molecular weight is 715 g/mol. The third kappa shape index (κ3) is 40.5. The van der Waals surface area contributed by atoms with Gasteiger partial charge >= 0.3 is 11.9 Å². The second kappa shape index (κ2) is 42.3. The number of ether oxygens (including phenoxy) is 2. The van der Waals surface area contributed by atoms with Crippen LogP contribution in [0.5, 0.6) is 0 Å². The van der Waals surface area contributed by atoms with Crippen molar-refractivity contribution in [1.82, 2.24) is 0 Å². The van der Waals surface area contributed by atoms with Crippen molar-refractivity contribution in [3.8, 4) is 0 Å². The van der Waals surface area contributed by atoms with Crippen LogP contribution < -0.4 is 0 Å². The summed E-state index contributed by atoms with van der Waals surface area (Å²) in [5.74, 6) is -0.590. The zero-order chi connectivity index (χ0) is 37.1. The topological polar surface area (TPSA) is 72.8 Å². The fourth-order valence-corrected chi connectivity index (χ4v) is 6.13. The molecule has 1 atom stereocenters. The maximum atomic E-state index is 12.2. The molecule has 0 aromatic heterocycles. The molecule has 0 bridgehead atoms. The molecule has 0 saturated carbocycles. The fourth-order valence-electron chi connectivity index (χ4n) is 6.13. The maximum Gasteiger partial charge on any atom is 0.306 e. The number of allylic oxidation sites excluding steroid dienone is 8. The summed E-state index contributed by atoms with van der Waals surface area (Å²) in [4.78, 5) is 24.2. The number of unbranched alkanes of at least 4 members (excludes halogenated alkanes) is 23. The number of rotatable bonds is 39. The van der Waals surface area contributed by atoms with Gasteiger partial charge in [-0.15, -0.1) is 0 Å². The van der Waals surface area contributed by atoms with Gasteiger partial charge in [0.2, 0.25) is 0 Å². The van der Waals surface area contributed by atoms with Crippen LogP contribution in [0.25, 0.3) is 0 Å². The van der Waals surface area contributed by atoms with E-state index >= 15 is 0 Å². The predicted octanol–water partition coefficient (Wildman–Crippen LogP) is 13.8. The molecule has 296 valence electrons. The van der Waals surface area contributed by atoms with Gasteiger partial charge in [-0.3, -0.25) is 9.59 Å². The Kier molecular flexibility index (Phi) is 40.5. The Morgan fingerprint density at radius 3 is 1.27 bits per heavy atom. The van der Waals surface area contributed by atoms with Crippen molar-refractivity contribution in [1.29, 1.82) is 0 Å². The molecule has 0 aliphatic rings. The summed E-state index contributed by atoms with van der Waals surface area (Å²) >= 11 is 0. The van der Waals surface area contributed by atoms with E-state index in [0.29, 0.717) is 12.8 Å². The van der Waals surface area contributed by atoms with Crippen molar-refractivity contribution in [2.75, 3.05) is 13.2 Å². The van der Waals surface area contributed by atoms with E-state index in [1.165, 1.54) is 122 Å². The summed E-state index contributed by atoms with van der Waals surface area (Å²) in [5, 5.41) is 9.53. The third-order valence-corrected chi connectivity index (χ3v) is 9.39. The van der Waals surface area contributed by atoms with E-state index in [4.69, 9.17) is 9.47 Å². The molecule has 1 unspecified atom stereocenters. The maximum absolute atomic E-state index is 12.2. The lowest BCUT2D eigenvalue weighted by Gasteiger charge is -2.15. The van der Waals surface area contributed by atoms with Gasteiger partial charge in [0, 0.05) is 12.8 Å². The minimum Gasteiger partial charge on any atom is -0.462 e. The van der Waals surface area contributed by atoms with E-state index in [-0.39, 0.29) is 25.2 Å². The molecule has 5 heteroatoms. The van der Waals surface area contributed by atoms with Gasteiger partial charge in [-0.1, -0.05) is 197 Å². The highest BCUT2D eigenvalue weighted by Gasteiger charge is 2.16. The van der Waals surface area contributed by atoms with Gasteiger partial charge in [0.15, 0.2) is 6.10 Å². The van der Waals surface area contributed by atoms with Crippen LogP contribution in [0.15, 0.2) is 48.6 Å². The SMILES string of the molecule is CC/C=C\C/C=C\C/C=C\C/C=C\CCCCCCCCCCCCCCCCCCC(=O)OC(CO)COC(=O)CCCCCCCCCC. The van der Waals surface area contributed by atoms with E-state index in [9.17, 15) is 14.7 Å². The molecule has 0 aromatic carbocycles. The van der Waals surface area contributed by atoms with Gasteiger partial charge in [0.25, 0.3) is 0 Å². The van der Waals surface area contributed by atoms with Crippen LogP contribution in [-0.4, -0.2) is 36.4 Å². The summed E-state index contributed by atoms with van der Waals surface area (Å²) in [7, 11) is 0. The summed E-state index contributed by atoms with van der Waals surface area (Å²) in [6.07, 6.45) is 53.5. The number of esters is 2. The highest BCUT2D eigenvalue weighted by Crippen LogP contribution is 2.15. The normalized spacial score (nSPS) is 12.6. The number of carbonyl (C=O) groups is 2. The molecule has 0 heterocycles. The van der Waals surface area contributed by atoms with Crippen LogP contribution in [-0.2, 0) is 19.1 Å². The van der Waals surface area contributed by atoms with Crippen LogP contribution >= 0.6 is 0 Å². The second-order valence-electron chi connectivity index (χ2n) is 14.4. The van der Waals surface area contributed by atoms with Crippen molar-refractivity contribution in [2.45, 2.75) is 219 Å². The van der Waals surface area contributed by atoms with Crippen LogP contribution in [0.1, 0.15) is 213 Å². The van der Waals surface area contributed by atoms with Gasteiger partial charge in [-0.2, -0.15) is 0 Å². The monoisotopic (exact) mass is 715 g/mol. The van der Waals surface area contributed by atoms with Crippen LogP contribution in [0.2, 0.25) is 0 Å². The fraction of sp³-hybridized carbons (Fsp3) is 0.783. The Bertz CT molecular complexity index is 858. The minimum atomic E-state index is -0.766. The summed E-state index contributed by atoms with van der Waals surface area (Å²) < 4.78 is 10.6. The Morgan fingerprint density at radius 1 is 0.471 bits per heavy atom. The first-order valence-electron chi connectivity index (χ1n) is 21.7. The minimum absolute atomic E-state index is 0.0632. The van der Waals surface area contributed by atoms with Gasteiger partial charge in [0.05, 0.1) is 6.61 Å². The molecule has 0 radical (unpaired) electrons. The van der Waals surface area contributed by atoms with Crippen LogP contribution in [0, 0.1) is 0 Å². The van der Waals surface area contributed by atoms with Crippen molar-refractivity contribution in [3.05, 3.63) is 48.6 Å². The molecule has 0 aliphatic heterocycles. The zero-order valence-corrected chi connectivity index (χ0v) is 33.6. The first-order chi connectivity index (χ1) is 25.1. The van der Waals surface area contributed by atoms with Gasteiger partial charge in [0.1, 0.15) is 6.61 Å². The number of carbonyl (C=O) groups excluding carboxylic acids is 2. The Hall–Kier alpha value is -2.14. The Morgan fingerprint density at radius 2 is 0.843 bits per heavy atom. The second-order valence-corrected chi connectivity index (χ2v) is 14.4. The van der Waals surface area contributed by atoms with E-state index in [1.807, 2.05) is 0 Å². The zero-order valence-electron chi connectivity index (χ0n) is 33.6.